The Labute approximate surface area is 125 Å². The average molecular weight is 298 g/mol. The minimum atomic E-state index is -0.435. The molecule has 120 valence electrons. The lowest BCUT2D eigenvalue weighted by Crippen LogP contribution is -2.43. The van der Waals surface area contributed by atoms with Crippen molar-refractivity contribution >= 4 is 17.8 Å². The minimum absolute atomic E-state index is 0.0390. The van der Waals surface area contributed by atoms with Gasteiger partial charge in [0.2, 0.25) is 11.8 Å². The molecule has 1 fully saturated rings. The lowest BCUT2D eigenvalue weighted by molar-refractivity contribution is -0.122. The molecule has 0 aromatic carbocycles. The number of nitrogens with one attached hydrogen (secondary N) is 4. The molecule has 0 unspecified atom stereocenters. The fourth-order valence-electron chi connectivity index (χ4n) is 2.21. The normalized spacial score (nSPS) is 14.5. The van der Waals surface area contributed by atoms with Gasteiger partial charge >= 0.3 is 6.03 Å². The van der Waals surface area contributed by atoms with Crippen LogP contribution < -0.4 is 21.3 Å². The Kier molecular flexibility index (Phi) is 8.23. The summed E-state index contributed by atoms with van der Waals surface area (Å²) in [5.41, 5.74) is 0. The molecule has 0 aliphatic heterocycles. The maximum atomic E-state index is 11.6. The van der Waals surface area contributed by atoms with Crippen molar-refractivity contribution in [2.75, 3.05) is 19.6 Å². The van der Waals surface area contributed by atoms with E-state index in [2.05, 4.69) is 21.3 Å². The van der Waals surface area contributed by atoms with Gasteiger partial charge in [0.25, 0.3) is 0 Å². The van der Waals surface area contributed by atoms with Gasteiger partial charge in [-0.2, -0.15) is 0 Å². The molecular weight excluding hydrogens is 272 g/mol. The zero-order valence-electron chi connectivity index (χ0n) is 12.7. The van der Waals surface area contributed by atoms with Crippen molar-refractivity contribution in [3.63, 3.8) is 0 Å². The van der Waals surface area contributed by atoms with E-state index in [4.69, 9.17) is 0 Å². The largest absolute Gasteiger partial charge is 0.355 e. The zero-order chi connectivity index (χ0) is 15.5. The van der Waals surface area contributed by atoms with Gasteiger partial charge in [0.05, 0.1) is 6.54 Å². The summed E-state index contributed by atoms with van der Waals surface area (Å²) in [6, 6.07) is -0.135. The molecule has 0 aromatic rings. The highest BCUT2D eigenvalue weighted by molar-refractivity contribution is 5.84. The number of carbonyl (C=O) groups excluding carboxylic acids is 3. The van der Waals surface area contributed by atoms with Crippen LogP contribution in [0.4, 0.5) is 4.79 Å². The molecule has 0 spiro atoms. The first-order valence-electron chi connectivity index (χ1n) is 7.69. The van der Waals surface area contributed by atoms with E-state index in [9.17, 15) is 14.4 Å². The molecule has 0 saturated heterocycles. The van der Waals surface area contributed by atoms with Crippen molar-refractivity contribution in [1.29, 1.82) is 0 Å². The summed E-state index contributed by atoms with van der Waals surface area (Å²) < 4.78 is 0. The van der Waals surface area contributed by atoms with Crippen LogP contribution in [0.3, 0.4) is 0 Å². The fraction of sp³-hybridized carbons (Fsp3) is 0.786. The SMILES string of the molecule is CCCNC(=O)CNC(=O)NCCC(=O)NC1CCCC1. The number of carbonyl (C=O) groups is 3. The number of hydrogen-bond donors (Lipinski definition) is 4. The molecule has 1 saturated carbocycles. The predicted octanol–water partition coefficient (Wildman–Crippen LogP) is 0.261. The topological polar surface area (TPSA) is 99.3 Å². The smallest absolute Gasteiger partial charge is 0.315 e. The highest BCUT2D eigenvalue weighted by atomic mass is 16.2. The van der Waals surface area contributed by atoms with Gasteiger partial charge in [0.15, 0.2) is 0 Å². The van der Waals surface area contributed by atoms with Gasteiger partial charge in [-0.1, -0.05) is 19.8 Å². The number of urea groups is 1. The number of hydrogen-bond acceptors (Lipinski definition) is 3. The van der Waals surface area contributed by atoms with Crippen LogP contribution in [-0.4, -0.2) is 43.5 Å². The molecule has 1 aliphatic rings. The average Bonchev–Trinajstić information content (AvgIpc) is 2.95. The molecule has 7 nitrogen and oxygen atoms in total. The van der Waals surface area contributed by atoms with Gasteiger partial charge in [-0.3, -0.25) is 9.59 Å². The Morgan fingerprint density at radius 1 is 0.952 bits per heavy atom. The molecule has 1 rings (SSSR count). The molecule has 0 heterocycles. The van der Waals surface area contributed by atoms with Crippen molar-refractivity contribution in [1.82, 2.24) is 21.3 Å². The van der Waals surface area contributed by atoms with E-state index >= 15 is 0 Å². The Balaban J connectivity index is 2.01. The van der Waals surface area contributed by atoms with Crippen LogP contribution in [0.25, 0.3) is 0 Å². The molecule has 0 atom stereocenters. The predicted molar refractivity (Wildman–Crippen MR) is 79.7 cm³/mol. The first-order valence-corrected chi connectivity index (χ1v) is 7.69. The number of amides is 4. The van der Waals surface area contributed by atoms with Crippen LogP contribution in [0.5, 0.6) is 0 Å². The van der Waals surface area contributed by atoms with E-state index in [1.165, 1.54) is 12.8 Å². The van der Waals surface area contributed by atoms with Gasteiger partial charge in [-0.05, 0) is 19.3 Å². The van der Waals surface area contributed by atoms with Crippen LogP contribution >= 0.6 is 0 Å². The standard InChI is InChI=1S/C14H26N4O3/c1-2-8-15-13(20)10-17-14(21)16-9-7-12(19)18-11-5-3-4-6-11/h11H,2-10H2,1H3,(H,15,20)(H,18,19)(H2,16,17,21). The van der Waals surface area contributed by atoms with Crippen molar-refractivity contribution in [3.05, 3.63) is 0 Å². The van der Waals surface area contributed by atoms with Crippen LogP contribution in [0.2, 0.25) is 0 Å². The van der Waals surface area contributed by atoms with E-state index < -0.39 is 6.03 Å². The second-order valence-electron chi connectivity index (χ2n) is 5.26. The quantitative estimate of drug-likeness (QED) is 0.517. The van der Waals surface area contributed by atoms with Gasteiger partial charge in [-0.15, -0.1) is 0 Å². The highest BCUT2D eigenvalue weighted by Crippen LogP contribution is 2.17. The summed E-state index contributed by atoms with van der Waals surface area (Å²) in [6.07, 6.45) is 5.55. The summed E-state index contributed by atoms with van der Waals surface area (Å²) in [5, 5.41) is 10.6. The maximum absolute atomic E-state index is 11.6. The summed E-state index contributed by atoms with van der Waals surface area (Å²) in [5.74, 6) is -0.256. The second kappa shape index (κ2) is 10.0. The molecule has 4 N–H and O–H groups in total. The molecular formula is C14H26N4O3. The third-order valence-electron chi connectivity index (χ3n) is 3.34. The van der Waals surface area contributed by atoms with Gasteiger partial charge in [0.1, 0.15) is 0 Å². The van der Waals surface area contributed by atoms with Crippen LogP contribution in [0.1, 0.15) is 45.4 Å². The van der Waals surface area contributed by atoms with E-state index in [1.807, 2.05) is 6.92 Å². The van der Waals surface area contributed by atoms with Gasteiger partial charge < -0.3 is 21.3 Å². The maximum Gasteiger partial charge on any atom is 0.315 e. The van der Waals surface area contributed by atoms with Crippen molar-refractivity contribution in [2.24, 2.45) is 0 Å². The fourth-order valence-corrected chi connectivity index (χ4v) is 2.21. The Bertz CT molecular complexity index is 354. The first-order chi connectivity index (χ1) is 10.1. The van der Waals surface area contributed by atoms with E-state index in [0.29, 0.717) is 12.6 Å². The Morgan fingerprint density at radius 2 is 1.67 bits per heavy atom. The van der Waals surface area contributed by atoms with Crippen molar-refractivity contribution in [3.8, 4) is 0 Å². The van der Waals surface area contributed by atoms with Crippen LogP contribution in [0.15, 0.2) is 0 Å². The summed E-state index contributed by atoms with van der Waals surface area (Å²) >= 11 is 0. The summed E-state index contributed by atoms with van der Waals surface area (Å²) in [6.45, 7) is 2.77. The highest BCUT2D eigenvalue weighted by Gasteiger charge is 2.16. The van der Waals surface area contributed by atoms with Crippen LogP contribution in [0, 0.1) is 0 Å². The van der Waals surface area contributed by atoms with E-state index in [0.717, 1.165) is 19.3 Å². The van der Waals surface area contributed by atoms with Gasteiger partial charge in [-0.25, -0.2) is 4.79 Å². The van der Waals surface area contributed by atoms with Gasteiger partial charge in [0, 0.05) is 25.6 Å². The second-order valence-corrected chi connectivity index (χ2v) is 5.26. The lowest BCUT2D eigenvalue weighted by Gasteiger charge is -2.12. The lowest BCUT2D eigenvalue weighted by atomic mass is 10.2. The van der Waals surface area contributed by atoms with Crippen molar-refractivity contribution < 1.29 is 14.4 Å². The summed E-state index contributed by atoms with van der Waals surface area (Å²) in [7, 11) is 0. The molecule has 21 heavy (non-hydrogen) atoms. The molecule has 0 bridgehead atoms. The first kappa shape index (κ1) is 17.3. The Hall–Kier alpha value is -1.79. The third-order valence-corrected chi connectivity index (χ3v) is 3.34. The monoisotopic (exact) mass is 298 g/mol. The molecule has 7 heteroatoms. The molecule has 4 amide bonds. The Morgan fingerprint density at radius 3 is 2.33 bits per heavy atom. The zero-order valence-corrected chi connectivity index (χ0v) is 12.7. The summed E-state index contributed by atoms with van der Waals surface area (Å²) in [4.78, 5) is 34.3. The van der Waals surface area contributed by atoms with E-state index in [1.54, 1.807) is 0 Å². The van der Waals surface area contributed by atoms with Crippen LogP contribution in [-0.2, 0) is 9.59 Å². The number of rotatable bonds is 8. The molecule has 0 radical (unpaired) electrons. The molecule has 0 aromatic heterocycles. The van der Waals surface area contributed by atoms with Crippen molar-refractivity contribution in [2.45, 2.75) is 51.5 Å². The van der Waals surface area contributed by atoms with E-state index in [-0.39, 0.29) is 31.3 Å². The minimum Gasteiger partial charge on any atom is -0.355 e. The third kappa shape index (κ3) is 8.16. The molecule has 1 aliphatic carbocycles.